The van der Waals surface area contributed by atoms with Crippen LogP contribution in [-0.2, 0) is 6.18 Å². The van der Waals surface area contributed by atoms with Gasteiger partial charge in [-0.25, -0.2) is 9.37 Å². The van der Waals surface area contributed by atoms with Gasteiger partial charge in [-0.1, -0.05) is 12.1 Å². The molecule has 2 heterocycles. The van der Waals surface area contributed by atoms with Gasteiger partial charge < -0.3 is 9.80 Å². The van der Waals surface area contributed by atoms with Crippen molar-refractivity contribution < 1.29 is 17.6 Å². The number of halogens is 4. The summed E-state index contributed by atoms with van der Waals surface area (Å²) in [5.74, 6) is -0.737. The third-order valence-electron chi connectivity index (χ3n) is 3.90. The molecule has 7 heteroatoms. The van der Waals surface area contributed by atoms with Crippen LogP contribution in [0.25, 0.3) is 10.9 Å². The number of fused-ring (bicyclic) bond motifs is 1. The first-order valence-corrected chi connectivity index (χ1v) is 6.96. The van der Waals surface area contributed by atoms with E-state index in [1.54, 1.807) is 6.07 Å². The van der Waals surface area contributed by atoms with Crippen LogP contribution in [0.5, 0.6) is 0 Å². The van der Waals surface area contributed by atoms with E-state index in [1.165, 1.54) is 6.07 Å². The molecule has 0 bridgehead atoms. The second-order valence-electron chi connectivity index (χ2n) is 5.45. The van der Waals surface area contributed by atoms with Gasteiger partial charge in [0, 0.05) is 37.3 Å². The Morgan fingerprint density at radius 2 is 1.77 bits per heavy atom. The lowest BCUT2D eigenvalue weighted by Crippen LogP contribution is -2.44. The van der Waals surface area contributed by atoms with E-state index >= 15 is 0 Å². The molecule has 1 aliphatic rings. The number of likely N-dealkylation sites (N-methyl/N-ethyl adjacent to an activating group) is 1. The molecular weight excluding hydrogens is 298 g/mol. The Morgan fingerprint density at radius 1 is 1.09 bits per heavy atom. The minimum absolute atomic E-state index is 0.230. The topological polar surface area (TPSA) is 19.4 Å². The molecule has 3 nitrogen and oxygen atoms in total. The van der Waals surface area contributed by atoms with E-state index in [1.807, 2.05) is 11.9 Å². The van der Waals surface area contributed by atoms with E-state index in [4.69, 9.17) is 0 Å². The number of benzene rings is 1. The maximum Gasteiger partial charge on any atom is 0.433 e. The van der Waals surface area contributed by atoms with Gasteiger partial charge in [0.15, 0.2) is 0 Å². The molecule has 3 rings (SSSR count). The number of para-hydroxylation sites is 1. The Kier molecular flexibility index (Phi) is 3.68. The van der Waals surface area contributed by atoms with E-state index < -0.39 is 17.7 Å². The highest BCUT2D eigenvalue weighted by molar-refractivity contribution is 5.92. The molecule has 118 valence electrons. The maximum atomic E-state index is 13.9. The van der Waals surface area contributed by atoms with Crippen LogP contribution in [0.15, 0.2) is 24.3 Å². The number of hydrogen-bond acceptors (Lipinski definition) is 3. The molecule has 0 unspecified atom stereocenters. The Balaban J connectivity index is 2.16. The number of alkyl halides is 3. The van der Waals surface area contributed by atoms with Crippen LogP contribution in [0.4, 0.5) is 23.2 Å². The average molecular weight is 313 g/mol. The fourth-order valence-electron chi connectivity index (χ4n) is 2.65. The van der Waals surface area contributed by atoms with E-state index in [0.717, 1.165) is 25.2 Å². The quantitative estimate of drug-likeness (QED) is 0.754. The summed E-state index contributed by atoms with van der Waals surface area (Å²) in [7, 11) is 1.96. The van der Waals surface area contributed by atoms with Crippen molar-refractivity contribution in [1.82, 2.24) is 9.88 Å². The summed E-state index contributed by atoms with van der Waals surface area (Å²) in [6.07, 6.45) is -4.60. The highest BCUT2D eigenvalue weighted by atomic mass is 19.4. The molecule has 1 saturated heterocycles. The van der Waals surface area contributed by atoms with E-state index in [0.29, 0.717) is 24.2 Å². The lowest BCUT2D eigenvalue weighted by molar-refractivity contribution is -0.140. The van der Waals surface area contributed by atoms with Crippen LogP contribution < -0.4 is 4.90 Å². The number of rotatable bonds is 1. The third kappa shape index (κ3) is 2.72. The second kappa shape index (κ2) is 5.39. The molecule has 0 aliphatic carbocycles. The summed E-state index contributed by atoms with van der Waals surface area (Å²) in [6.45, 7) is 2.70. The van der Waals surface area contributed by atoms with Crippen LogP contribution in [0.3, 0.4) is 0 Å². The fourth-order valence-corrected chi connectivity index (χ4v) is 2.65. The minimum atomic E-state index is -4.60. The fraction of sp³-hybridized carbons (Fsp3) is 0.400. The van der Waals surface area contributed by atoms with Crippen LogP contribution >= 0.6 is 0 Å². The Morgan fingerprint density at radius 3 is 2.41 bits per heavy atom. The van der Waals surface area contributed by atoms with Gasteiger partial charge in [-0.2, -0.15) is 13.2 Å². The summed E-state index contributed by atoms with van der Waals surface area (Å²) in [5.41, 5.74) is -0.893. The van der Waals surface area contributed by atoms with Crippen molar-refractivity contribution in [2.75, 3.05) is 38.1 Å². The smallest absolute Gasteiger partial charge is 0.368 e. The standard InChI is InChI=1S/C15H15F4N3/c1-21-5-7-22(8-6-21)12-9-13(15(17,18)19)20-14-10(12)3-2-4-11(14)16/h2-4,9H,5-8H2,1H3. The van der Waals surface area contributed by atoms with Gasteiger partial charge in [0.05, 0.1) is 0 Å². The molecule has 2 aromatic rings. The van der Waals surface area contributed by atoms with Gasteiger partial charge in [-0.3, -0.25) is 0 Å². The first-order valence-electron chi connectivity index (χ1n) is 6.96. The van der Waals surface area contributed by atoms with Crippen molar-refractivity contribution in [3.63, 3.8) is 0 Å². The molecule has 1 fully saturated rings. The normalized spacial score (nSPS) is 17.2. The number of piperazine rings is 1. The lowest BCUT2D eigenvalue weighted by atomic mass is 10.1. The first-order chi connectivity index (χ1) is 10.4. The summed E-state index contributed by atoms with van der Waals surface area (Å²) in [6, 6.07) is 5.25. The number of aromatic nitrogens is 1. The van der Waals surface area contributed by atoms with E-state index in [9.17, 15) is 17.6 Å². The molecule has 0 atom stereocenters. The zero-order valence-corrected chi connectivity index (χ0v) is 12.0. The van der Waals surface area contributed by atoms with Gasteiger partial charge >= 0.3 is 6.18 Å². The predicted molar refractivity (Wildman–Crippen MR) is 76.4 cm³/mol. The largest absolute Gasteiger partial charge is 0.433 e. The van der Waals surface area contributed by atoms with Gasteiger partial charge in [-0.05, 0) is 19.2 Å². The SMILES string of the molecule is CN1CCN(c2cc(C(F)(F)F)nc3c(F)cccc23)CC1. The summed E-state index contributed by atoms with van der Waals surface area (Å²) in [4.78, 5) is 7.44. The number of anilines is 1. The summed E-state index contributed by atoms with van der Waals surface area (Å²) >= 11 is 0. The summed E-state index contributed by atoms with van der Waals surface area (Å²) in [5, 5.41) is 0.414. The van der Waals surface area contributed by atoms with Crippen molar-refractivity contribution in [2.45, 2.75) is 6.18 Å². The van der Waals surface area contributed by atoms with Crippen LogP contribution in [0.1, 0.15) is 5.69 Å². The molecule has 0 saturated carbocycles. The zero-order valence-electron chi connectivity index (χ0n) is 12.0. The zero-order chi connectivity index (χ0) is 15.9. The number of hydrogen-bond donors (Lipinski definition) is 0. The van der Waals surface area contributed by atoms with Crippen LogP contribution in [-0.4, -0.2) is 43.1 Å². The van der Waals surface area contributed by atoms with Gasteiger partial charge in [0.25, 0.3) is 0 Å². The maximum absolute atomic E-state index is 13.9. The van der Waals surface area contributed by atoms with Crippen molar-refractivity contribution in [3.8, 4) is 0 Å². The van der Waals surface area contributed by atoms with Crippen LogP contribution in [0.2, 0.25) is 0 Å². The third-order valence-corrected chi connectivity index (χ3v) is 3.90. The van der Waals surface area contributed by atoms with Gasteiger partial charge in [-0.15, -0.1) is 0 Å². The lowest BCUT2D eigenvalue weighted by Gasteiger charge is -2.34. The van der Waals surface area contributed by atoms with Crippen molar-refractivity contribution >= 4 is 16.6 Å². The van der Waals surface area contributed by atoms with Crippen molar-refractivity contribution in [3.05, 3.63) is 35.8 Å². The van der Waals surface area contributed by atoms with E-state index in [-0.39, 0.29) is 5.52 Å². The molecular formula is C15H15F4N3. The molecule has 0 spiro atoms. The Bertz CT molecular complexity index is 691. The Hall–Kier alpha value is -1.89. The van der Waals surface area contributed by atoms with Gasteiger partial charge in [0.1, 0.15) is 17.0 Å². The number of nitrogens with zero attached hydrogens (tertiary/aromatic N) is 3. The second-order valence-corrected chi connectivity index (χ2v) is 5.45. The highest BCUT2D eigenvalue weighted by Crippen LogP contribution is 2.35. The summed E-state index contributed by atoms with van der Waals surface area (Å²) < 4.78 is 53.0. The molecule has 0 amide bonds. The highest BCUT2D eigenvalue weighted by Gasteiger charge is 2.34. The van der Waals surface area contributed by atoms with Crippen LogP contribution in [0, 0.1) is 5.82 Å². The predicted octanol–water partition coefficient (Wildman–Crippen LogP) is 3.14. The molecule has 1 aromatic heterocycles. The molecule has 22 heavy (non-hydrogen) atoms. The Labute approximate surface area is 125 Å². The monoisotopic (exact) mass is 313 g/mol. The van der Waals surface area contributed by atoms with Gasteiger partial charge in [0.2, 0.25) is 0 Å². The number of pyridine rings is 1. The first kappa shape index (κ1) is 15.0. The average Bonchev–Trinajstić information content (AvgIpc) is 2.47. The molecule has 0 N–H and O–H groups in total. The van der Waals surface area contributed by atoms with Crippen molar-refractivity contribution in [1.29, 1.82) is 0 Å². The molecule has 1 aromatic carbocycles. The van der Waals surface area contributed by atoms with Crippen molar-refractivity contribution in [2.24, 2.45) is 0 Å². The minimum Gasteiger partial charge on any atom is -0.368 e. The molecule has 1 aliphatic heterocycles. The van der Waals surface area contributed by atoms with E-state index in [2.05, 4.69) is 9.88 Å². The molecule has 0 radical (unpaired) electrons.